The van der Waals surface area contributed by atoms with Crippen molar-refractivity contribution >= 4 is 23.7 Å². The second kappa shape index (κ2) is 20.2. The van der Waals surface area contributed by atoms with Crippen molar-refractivity contribution in [3.63, 3.8) is 0 Å². The quantitative estimate of drug-likeness (QED) is 0.0543. The number of nitrogens with zero attached hydrogens (tertiary/aromatic N) is 1. The number of aromatic nitrogens is 1. The zero-order chi connectivity index (χ0) is 40.6. The fraction of sp³-hybridized carbons (Fsp3) is 0.184. The number of pyridine rings is 1. The molecule has 0 radical (unpaired) electrons. The lowest BCUT2D eigenvalue weighted by atomic mass is 9.76. The van der Waals surface area contributed by atoms with Gasteiger partial charge in [0.25, 0.3) is 5.56 Å². The van der Waals surface area contributed by atoms with Crippen LogP contribution in [0.15, 0.2) is 187 Å². The average Bonchev–Trinajstić information content (AvgIpc) is 3.27. The Kier molecular flexibility index (Phi) is 14.2. The molecule has 2 N–H and O–H groups in total. The van der Waals surface area contributed by atoms with Crippen LogP contribution in [0.2, 0.25) is 0 Å². The summed E-state index contributed by atoms with van der Waals surface area (Å²) in [6.07, 6.45) is 4.66. The van der Waals surface area contributed by atoms with Crippen LogP contribution in [0.1, 0.15) is 53.6 Å². The molecule has 0 aliphatic heterocycles. The molecular weight excluding hydrogens is 727 g/mol. The Hall–Kier alpha value is -7.00. The number of hydrogen-bond donors (Lipinski definition) is 2. The minimum Gasteiger partial charge on any atom is -0.463 e. The molecular formula is C49H47N3O6. The monoisotopic (exact) mass is 773 g/mol. The molecule has 0 aliphatic rings. The molecule has 9 nitrogen and oxygen atoms in total. The van der Waals surface area contributed by atoms with Gasteiger partial charge in [0, 0.05) is 24.7 Å². The number of amides is 2. The number of hydrogen-bond acceptors (Lipinski definition) is 6. The minimum atomic E-state index is -1.02. The van der Waals surface area contributed by atoms with Gasteiger partial charge in [-0.25, -0.2) is 9.59 Å². The van der Waals surface area contributed by atoms with Crippen LogP contribution < -0.4 is 16.2 Å². The number of anilines is 1. The van der Waals surface area contributed by atoms with E-state index in [0.29, 0.717) is 6.42 Å². The zero-order valence-electron chi connectivity index (χ0n) is 32.4. The maximum absolute atomic E-state index is 14.5. The number of ether oxygens (including phenoxy) is 2. The summed E-state index contributed by atoms with van der Waals surface area (Å²) in [6, 6.07) is 51.1. The molecule has 6 rings (SSSR count). The third-order valence-electron chi connectivity index (χ3n) is 9.98. The molecule has 0 fully saturated rings. The van der Waals surface area contributed by atoms with E-state index in [-0.39, 0.29) is 37.6 Å². The molecule has 294 valence electrons. The van der Waals surface area contributed by atoms with E-state index < -0.39 is 35.1 Å². The molecule has 1 heterocycles. The van der Waals surface area contributed by atoms with E-state index in [0.717, 1.165) is 27.8 Å². The topological polar surface area (TPSA) is 116 Å². The Balaban J connectivity index is 1.34. The first kappa shape index (κ1) is 40.7. The highest BCUT2D eigenvalue weighted by Crippen LogP contribution is 2.37. The van der Waals surface area contributed by atoms with Crippen LogP contribution in [0, 0.1) is 5.92 Å². The maximum atomic E-state index is 14.5. The molecule has 6 aromatic rings. The molecule has 1 aromatic heterocycles. The molecule has 0 bridgehead atoms. The summed E-state index contributed by atoms with van der Waals surface area (Å²) >= 11 is 0. The molecule has 58 heavy (non-hydrogen) atoms. The van der Waals surface area contributed by atoms with Crippen molar-refractivity contribution in [3.05, 3.63) is 220 Å². The third-order valence-corrected chi connectivity index (χ3v) is 9.98. The van der Waals surface area contributed by atoms with Crippen molar-refractivity contribution in [1.29, 1.82) is 0 Å². The van der Waals surface area contributed by atoms with Gasteiger partial charge in [0.1, 0.15) is 17.8 Å². The summed E-state index contributed by atoms with van der Waals surface area (Å²) in [5.74, 6) is -1.28. The van der Waals surface area contributed by atoms with Crippen molar-refractivity contribution in [3.8, 4) is 0 Å². The molecule has 0 aliphatic carbocycles. The van der Waals surface area contributed by atoms with Gasteiger partial charge < -0.3 is 19.4 Å². The molecule has 9 heteroatoms. The van der Waals surface area contributed by atoms with E-state index in [2.05, 4.69) is 10.6 Å². The number of rotatable bonds is 17. The number of nitrogens with one attached hydrogen (secondary N) is 2. The van der Waals surface area contributed by atoms with Gasteiger partial charge in [0.2, 0.25) is 5.91 Å². The van der Waals surface area contributed by atoms with Crippen molar-refractivity contribution in [2.45, 2.75) is 44.4 Å². The van der Waals surface area contributed by atoms with E-state index in [1.54, 1.807) is 29.8 Å². The number of allylic oxidation sites excluding steroid dienone is 1. The summed E-state index contributed by atoms with van der Waals surface area (Å²) < 4.78 is 12.2. The first-order valence-corrected chi connectivity index (χ1v) is 19.4. The first-order chi connectivity index (χ1) is 28.4. The lowest BCUT2D eigenvalue weighted by molar-refractivity contribution is -0.137. The largest absolute Gasteiger partial charge is 0.463 e. The Morgan fingerprint density at radius 1 is 0.672 bits per heavy atom. The number of esters is 1. The number of carbonyl (C=O) groups excluding carboxylic acids is 3. The fourth-order valence-corrected chi connectivity index (χ4v) is 7.21. The normalized spacial score (nSPS) is 12.3. The smallest absolute Gasteiger partial charge is 0.412 e. The van der Waals surface area contributed by atoms with Gasteiger partial charge in [0.15, 0.2) is 0 Å². The van der Waals surface area contributed by atoms with Crippen LogP contribution in [-0.4, -0.2) is 29.1 Å². The second-order valence-corrected chi connectivity index (χ2v) is 13.8. The SMILES string of the molecule is CCOC(=O)C=CC(CCC(=O)NC(c1ccccc1)(c1ccccc1)c1ccccc1)C(Cc1ccccc1)n1cccc(NC(=O)OCc2ccccc2)c1=O. The molecule has 5 aromatic carbocycles. The zero-order valence-corrected chi connectivity index (χ0v) is 32.4. The maximum Gasteiger partial charge on any atom is 0.412 e. The summed E-state index contributed by atoms with van der Waals surface area (Å²) in [7, 11) is 0. The summed E-state index contributed by atoms with van der Waals surface area (Å²) in [5.41, 5.74) is 2.96. The van der Waals surface area contributed by atoms with E-state index in [1.807, 2.05) is 152 Å². The molecule has 0 spiro atoms. The van der Waals surface area contributed by atoms with E-state index in [1.165, 1.54) is 12.1 Å². The molecule has 2 amide bonds. The minimum absolute atomic E-state index is 0.0304. The van der Waals surface area contributed by atoms with Crippen molar-refractivity contribution in [2.24, 2.45) is 5.92 Å². The highest BCUT2D eigenvalue weighted by molar-refractivity contribution is 5.84. The number of benzene rings is 5. The van der Waals surface area contributed by atoms with Gasteiger partial charge in [-0.15, -0.1) is 0 Å². The van der Waals surface area contributed by atoms with Crippen molar-refractivity contribution in [2.75, 3.05) is 11.9 Å². The molecule has 0 saturated carbocycles. The third kappa shape index (κ3) is 10.4. The van der Waals surface area contributed by atoms with Gasteiger partial charge in [-0.05, 0) is 65.6 Å². The predicted octanol–water partition coefficient (Wildman–Crippen LogP) is 9.00. The first-order valence-electron chi connectivity index (χ1n) is 19.4. The van der Waals surface area contributed by atoms with Crippen LogP contribution in [0.25, 0.3) is 0 Å². The van der Waals surface area contributed by atoms with Gasteiger partial charge in [-0.1, -0.05) is 158 Å². The van der Waals surface area contributed by atoms with E-state index >= 15 is 0 Å². The van der Waals surface area contributed by atoms with Gasteiger partial charge in [-0.2, -0.15) is 0 Å². The van der Waals surface area contributed by atoms with Crippen LogP contribution in [0.3, 0.4) is 0 Å². The van der Waals surface area contributed by atoms with Gasteiger partial charge >= 0.3 is 12.1 Å². The lowest BCUT2D eigenvalue weighted by Crippen LogP contribution is -2.48. The fourth-order valence-electron chi connectivity index (χ4n) is 7.21. The van der Waals surface area contributed by atoms with Crippen LogP contribution >= 0.6 is 0 Å². The van der Waals surface area contributed by atoms with E-state index in [9.17, 15) is 19.2 Å². The van der Waals surface area contributed by atoms with Gasteiger partial charge in [0.05, 0.1) is 6.61 Å². The Bertz CT molecular complexity index is 2220. The summed E-state index contributed by atoms with van der Waals surface area (Å²) in [6.45, 7) is 1.96. The van der Waals surface area contributed by atoms with Gasteiger partial charge in [-0.3, -0.25) is 14.9 Å². The Labute approximate surface area is 339 Å². The van der Waals surface area contributed by atoms with Crippen molar-refractivity contribution in [1.82, 2.24) is 9.88 Å². The highest BCUT2D eigenvalue weighted by Gasteiger charge is 2.38. The van der Waals surface area contributed by atoms with Crippen molar-refractivity contribution < 1.29 is 23.9 Å². The van der Waals surface area contributed by atoms with Crippen LogP contribution in [-0.2, 0) is 37.6 Å². The predicted molar refractivity (Wildman–Crippen MR) is 226 cm³/mol. The second-order valence-electron chi connectivity index (χ2n) is 13.8. The Morgan fingerprint density at radius 2 is 1.19 bits per heavy atom. The highest BCUT2D eigenvalue weighted by atomic mass is 16.5. The molecule has 0 saturated heterocycles. The van der Waals surface area contributed by atoms with Crippen LogP contribution in [0.4, 0.5) is 10.5 Å². The van der Waals surface area contributed by atoms with Crippen LogP contribution in [0.5, 0.6) is 0 Å². The summed E-state index contributed by atoms with van der Waals surface area (Å²) in [4.78, 5) is 54.4. The average molecular weight is 774 g/mol. The summed E-state index contributed by atoms with van der Waals surface area (Å²) in [5, 5.41) is 6.05. The number of carbonyl (C=O) groups is 3. The molecule has 2 atom stereocenters. The lowest BCUT2D eigenvalue weighted by Gasteiger charge is -2.37. The Morgan fingerprint density at radius 3 is 1.72 bits per heavy atom. The van der Waals surface area contributed by atoms with E-state index in [4.69, 9.17) is 9.47 Å². The molecule has 2 unspecified atom stereocenters. The standard InChI is InChI=1S/C49H47N3O6/c1-2-57-46(54)33-31-39(30-32-45(53)51-49(40-23-12-5-13-24-40,41-25-14-6-15-26-41)42-27-16-7-17-28-42)44(35-37-19-8-3-9-20-37)52-34-18-29-43(47(52)55)50-48(56)58-36-38-21-10-4-11-22-38/h3-29,31,33-34,39,44H,2,30,32,35-36H2,1H3,(H,50,56)(H,51,53).